The lowest BCUT2D eigenvalue weighted by molar-refractivity contribution is -0.144. The highest BCUT2D eigenvalue weighted by molar-refractivity contribution is 14.1. The van der Waals surface area contributed by atoms with Gasteiger partial charge >= 0.3 is 11.9 Å². The number of benzene rings is 1. The molecule has 0 aliphatic carbocycles. The Hall–Kier alpha value is -1.79. The first-order valence-electron chi connectivity index (χ1n) is 8.14. The van der Waals surface area contributed by atoms with Gasteiger partial charge in [-0.15, -0.1) is 0 Å². The maximum atomic E-state index is 13.4. The van der Waals surface area contributed by atoms with Crippen LogP contribution < -0.4 is 4.74 Å². The van der Waals surface area contributed by atoms with E-state index in [1.54, 1.807) is 0 Å². The number of halogens is 6. The number of Topliss-reactive ketones (excluding diaryl/α,β-unsaturated/α-hetero) is 1. The lowest BCUT2D eigenvalue weighted by atomic mass is 10.2. The van der Waals surface area contributed by atoms with Gasteiger partial charge in [0.05, 0.1) is 11.0 Å². The van der Waals surface area contributed by atoms with Gasteiger partial charge in [0.25, 0.3) is 0 Å². The Morgan fingerprint density at radius 3 is 1.82 bits per heavy atom. The number of carbonyl (C=O) groups is 3. The van der Waals surface area contributed by atoms with Gasteiger partial charge in [0.2, 0.25) is 34.8 Å². The Labute approximate surface area is 170 Å². The molecule has 5 nitrogen and oxygen atoms in total. The molecule has 0 heterocycles. The highest BCUT2D eigenvalue weighted by atomic mass is 127. The van der Waals surface area contributed by atoms with Gasteiger partial charge in [-0.05, 0) is 19.3 Å². The Balaban J connectivity index is 2.36. The molecule has 0 amide bonds. The molecule has 0 spiro atoms. The van der Waals surface area contributed by atoms with Crippen LogP contribution in [-0.2, 0) is 19.1 Å². The minimum atomic E-state index is -2.36. The Kier molecular flexibility index (Phi) is 10.3. The lowest BCUT2D eigenvalue weighted by Crippen LogP contribution is -2.14. The van der Waals surface area contributed by atoms with Gasteiger partial charge < -0.3 is 9.47 Å². The second-order valence-electron chi connectivity index (χ2n) is 5.58. The monoisotopic (exact) mass is 522 g/mol. The smallest absolute Gasteiger partial charge is 0.311 e. The summed E-state index contributed by atoms with van der Waals surface area (Å²) in [5, 5.41) is 0. The summed E-state index contributed by atoms with van der Waals surface area (Å²) in [4.78, 5) is 34.1. The zero-order valence-corrected chi connectivity index (χ0v) is 16.6. The van der Waals surface area contributed by atoms with Gasteiger partial charge in [0.1, 0.15) is 5.78 Å². The number of alkyl halides is 1. The molecule has 1 rings (SSSR count). The molecule has 0 saturated carbocycles. The van der Waals surface area contributed by atoms with E-state index in [4.69, 9.17) is 4.74 Å². The fourth-order valence-electron chi connectivity index (χ4n) is 1.97. The summed E-state index contributed by atoms with van der Waals surface area (Å²) in [7, 11) is 0. The van der Waals surface area contributed by atoms with Gasteiger partial charge in [-0.2, -0.15) is 8.78 Å². The van der Waals surface area contributed by atoms with Crippen LogP contribution in [0.15, 0.2) is 0 Å². The van der Waals surface area contributed by atoms with Crippen molar-refractivity contribution in [3.8, 4) is 5.75 Å². The Morgan fingerprint density at radius 1 is 0.714 bits per heavy atom. The zero-order valence-electron chi connectivity index (χ0n) is 14.5. The minimum absolute atomic E-state index is 0.0965. The van der Waals surface area contributed by atoms with Crippen molar-refractivity contribution in [1.29, 1.82) is 0 Å². The van der Waals surface area contributed by atoms with Gasteiger partial charge in [0.15, 0.2) is 0 Å². The Morgan fingerprint density at radius 2 is 1.25 bits per heavy atom. The minimum Gasteiger partial charge on any atom is -0.466 e. The summed E-state index contributed by atoms with van der Waals surface area (Å²) in [6.45, 7) is 0.0996. The van der Waals surface area contributed by atoms with Gasteiger partial charge in [0, 0.05) is 19.3 Å². The molecule has 0 aliphatic heterocycles. The highest BCUT2D eigenvalue weighted by Gasteiger charge is 2.28. The molecular formula is C17H16F5IO5. The van der Waals surface area contributed by atoms with Crippen molar-refractivity contribution in [2.75, 3.05) is 11.0 Å². The summed E-state index contributed by atoms with van der Waals surface area (Å²) in [6.07, 6.45) is 0.641. The summed E-state index contributed by atoms with van der Waals surface area (Å²) >= 11 is 1.95. The molecule has 1 aromatic rings. The van der Waals surface area contributed by atoms with Crippen molar-refractivity contribution in [2.24, 2.45) is 0 Å². The fourth-order valence-corrected chi connectivity index (χ4v) is 2.35. The largest absolute Gasteiger partial charge is 0.466 e. The van der Waals surface area contributed by atoms with E-state index in [9.17, 15) is 36.3 Å². The van der Waals surface area contributed by atoms with Crippen molar-refractivity contribution in [1.82, 2.24) is 0 Å². The molecule has 0 N–H and O–H groups in total. The lowest BCUT2D eigenvalue weighted by Gasteiger charge is -2.09. The third-order valence-electron chi connectivity index (χ3n) is 3.41. The number of ketones is 1. The van der Waals surface area contributed by atoms with E-state index >= 15 is 0 Å². The molecule has 0 fully saturated rings. The van der Waals surface area contributed by atoms with Gasteiger partial charge in [-0.25, -0.2) is 13.2 Å². The number of carbonyl (C=O) groups excluding carboxylic acids is 3. The van der Waals surface area contributed by atoms with E-state index in [1.165, 1.54) is 0 Å². The maximum absolute atomic E-state index is 13.4. The van der Waals surface area contributed by atoms with Crippen LogP contribution in [0.5, 0.6) is 5.75 Å². The van der Waals surface area contributed by atoms with Crippen molar-refractivity contribution < 1.29 is 45.8 Å². The molecule has 28 heavy (non-hydrogen) atoms. The van der Waals surface area contributed by atoms with Crippen molar-refractivity contribution >= 4 is 40.3 Å². The van der Waals surface area contributed by atoms with E-state index in [1.807, 2.05) is 22.6 Å². The molecular weight excluding hydrogens is 506 g/mol. The number of rotatable bonds is 11. The van der Waals surface area contributed by atoms with E-state index in [2.05, 4.69) is 4.74 Å². The standard InChI is InChI=1S/C17H16F5IO5/c18-12-13(19)15(21)17(16(22)14(12)20)28-11(26)6-3-5-10(25)27-7-2-1-4-9(24)8-23/h1-8H2. The van der Waals surface area contributed by atoms with Crippen LogP contribution >= 0.6 is 22.6 Å². The van der Waals surface area contributed by atoms with Crippen LogP contribution in [0.2, 0.25) is 0 Å². The fraction of sp³-hybridized carbons (Fsp3) is 0.471. The number of esters is 2. The van der Waals surface area contributed by atoms with Crippen LogP contribution in [0.1, 0.15) is 38.5 Å². The van der Waals surface area contributed by atoms with Crippen molar-refractivity contribution in [3.05, 3.63) is 29.1 Å². The predicted octanol–water partition coefficient (Wildman–Crippen LogP) is 4.18. The first kappa shape index (κ1) is 24.2. The molecule has 0 unspecified atom stereocenters. The van der Waals surface area contributed by atoms with Crippen LogP contribution in [0, 0.1) is 29.1 Å². The summed E-state index contributed by atoms with van der Waals surface area (Å²) in [6, 6.07) is 0. The predicted molar refractivity (Wildman–Crippen MR) is 94.4 cm³/mol. The molecule has 0 aromatic heterocycles. The third-order valence-corrected chi connectivity index (χ3v) is 4.26. The normalized spacial score (nSPS) is 10.6. The number of unbranched alkanes of at least 4 members (excludes halogenated alkanes) is 1. The topological polar surface area (TPSA) is 69.7 Å². The molecule has 0 radical (unpaired) electrons. The summed E-state index contributed by atoms with van der Waals surface area (Å²) in [5.41, 5.74) is 0. The van der Waals surface area contributed by atoms with E-state index in [0.717, 1.165) is 0 Å². The summed E-state index contributed by atoms with van der Waals surface area (Å²) < 4.78 is 75.2. The number of hydrogen-bond acceptors (Lipinski definition) is 5. The van der Waals surface area contributed by atoms with Gasteiger partial charge in [-0.3, -0.25) is 14.4 Å². The molecule has 11 heteroatoms. The van der Waals surface area contributed by atoms with E-state index in [0.29, 0.717) is 23.7 Å². The van der Waals surface area contributed by atoms with E-state index in [-0.39, 0.29) is 25.2 Å². The highest BCUT2D eigenvalue weighted by Crippen LogP contribution is 2.29. The zero-order chi connectivity index (χ0) is 21.3. The average Bonchev–Trinajstić information content (AvgIpc) is 2.67. The quantitative estimate of drug-likeness (QED) is 0.0638. The number of ether oxygens (including phenoxy) is 2. The third kappa shape index (κ3) is 7.32. The maximum Gasteiger partial charge on any atom is 0.311 e. The summed E-state index contributed by atoms with van der Waals surface area (Å²) in [5.74, 6) is -14.8. The van der Waals surface area contributed by atoms with Crippen LogP contribution in [0.4, 0.5) is 22.0 Å². The van der Waals surface area contributed by atoms with Gasteiger partial charge in [-0.1, -0.05) is 22.6 Å². The molecule has 156 valence electrons. The molecule has 0 atom stereocenters. The SMILES string of the molecule is O=C(CI)CCCCOC(=O)CCCC(=O)Oc1c(F)c(F)c(F)c(F)c1F. The van der Waals surface area contributed by atoms with Crippen molar-refractivity contribution in [2.45, 2.75) is 38.5 Å². The second kappa shape index (κ2) is 11.9. The first-order chi connectivity index (χ1) is 13.2. The van der Waals surface area contributed by atoms with Crippen LogP contribution in [0.25, 0.3) is 0 Å². The molecule has 0 saturated heterocycles. The van der Waals surface area contributed by atoms with Crippen molar-refractivity contribution in [3.63, 3.8) is 0 Å². The molecule has 1 aromatic carbocycles. The number of hydrogen-bond donors (Lipinski definition) is 0. The van der Waals surface area contributed by atoms with Crippen LogP contribution in [0.3, 0.4) is 0 Å². The first-order valence-corrected chi connectivity index (χ1v) is 9.67. The molecule has 0 bridgehead atoms. The van der Waals surface area contributed by atoms with E-state index < -0.39 is 53.2 Å². The Bertz CT molecular complexity index is 712. The molecule has 0 aliphatic rings. The second-order valence-corrected chi connectivity index (χ2v) is 6.34. The average molecular weight is 522 g/mol. The van der Waals surface area contributed by atoms with Crippen LogP contribution in [-0.4, -0.2) is 28.8 Å².